The summed E-state index contributed by atoms with van der Waals surface area (Å²) in [5.74, 6) is 1.25. The van der Waals surface area contributed by atoms with Crippen molar-refractivity contribution in [2.45, 2.75) is 58.6 Å². The maximum atomic E-state index is 12.7. The first-order chi connectivity index (χ1) is 15.3. The van der Waals surface area contributed by atoms with Crippen molar-refractivity contribution in [3.63, 3.8) is 0 Å². The van der Waals surface area contributed by atoms with Gasteiger partial charge in [-0.1, -0.05) is 36.4 Å². The van der Waals surface area contributed by atoms with Crippen molar-refractivity contribution in [3.05, 3.63) is 64.2 Å². The molecule has 2 unspecified atom stereocenters. The lowest BCUT2D eigenvalue weighted by molar-refractivity contribution is -0.133. The van der Waals surface area contributed by atoms with Gasteiger partial charge in [0.15, 0.2) is 0 Å². The van der Waals surface area contributed by atoms with E-state index in [9.17, 15) is 4.79 Å². The number of ether oxygens (including phenoxy) is 1. The first kappa shape index (κ1) is 22.8. The van der Waals surface area contributed by atoms with E-state index in [0.717, 1.165) is 56.9 Å². The summed E-state index contributed by atoms with van der Waals surface area (Å²) in [6, 6.07) is 12.5. The summed E-state index contributed by atoms with van der Waals surface area (Å²) >= 11 is 0. The van der Waals surface area contributed by atoms with Crippen molar-refractivity contribution in [2.24, 2.45) is 5.73 Å². The quantitative estimate of drug-likeness (QED) is 0.747. The Morgan fingerprint density at radius 2 is 1.78 bits per heavy atom. The zero-order valence-corrected chi connectivity index (χ0v) is 20.0. The van der Waals surface area contributed by atoms with Crippen LogP contribution in [0.2, 0.25) is 0 Å². The van der Waals surface area contributed by atoms with Gasteiger partial charge < -0.3 is 15.4 Å². The van der Waals surface area contributed by atoms with Gasteiger partial charge in [0.2, 0.25) is 5.91 Å². The van der Waals surface area contributed by atoms with Gasteiger partial charge in [0, 0.05) is 44.7 Å². The second-order valence-corrected chi connectivity index (χ2v) is 9.77. The number of aryl methyl sites for hydroxylation is 3. The van der Waals surface area contributed by atoms with E-state index in [-0.39, 0.29) is 11.9 Å². The van der Waals surface area contributed by atoms with Gasteiger partial charge in [0.05, 0.1) is 6.04 Å². The Bertz CT molecular complexity index is 967. The van der Waals surface area contributed by atoms with Crippen molar-refractivity contribution in [1.29, 1.82) is 0 Å². The molecule has 0 aromatic heterocycles. The fraction of sp³-hybridized carbons (Fsp3) is 0.519. The van der Waals surface area contributed by atoms with E-state index in [1.54, 1.807) is 0 Å². The van der Waals surface area contributed by atoms with Crippen LogP contribution in [0.5, 0.6) is 5.75 Å². The van der Waals surface area contributed by atoms with Crippen LogP contribution in [0.15, 0.2) is 36.4 Å². The molecular weight excluding hydrogens is 398 g/mol. The van der Waals surface area contributed by atoms with Gasteiger partial charge >= 0.3 is 0 Å². The summed E-state index contributed by atoms with van der Waals surface area (Å²) in [5, 5.41) is 0. The van der Waals surface area contributed by atoms with Gasteiger partial charge in [0.25, 0.3) is 0 Å². The molecule has 1 fully saturated rings. The summed E-state index contributed by atoms with van der Waals surface area (Å²) in [5.41, 5.74) is 12.4. The lowest BCUT2D eigenvalue weighted by Crippen LogP contribution is -2.55. The fourth-order valence-corrected chi connectivity index (χ4v) is 5.17. The number of rotatable bonds is 6. The van der Waals surface area contributed by atoms with Crippen LogP contribution < -0.4 is 10.5 Å². The SMILES string of the molecule is Cc1cc(C)c2c(c1C)OC(C)(CN1CCN(C(=O)CCCc3ccccc3)CC1)C2N. The number of carbonyl (C=O) groups excluding carboxylic acids is 1. The minimum Gasteiger partial charge on any atom is -0.484 e. The number of carbonyl (C=O) groups is 1. The predicted molar refractivity (Wildman–Crippen MR) is 129 cm³/mol. The van der Waals surface area contributed by atoms with E-state index in [1.165, 1.54) is 22.3 Å². The Labute approximate surface area is 192 Å². The van der Waals surface area contributed by atoms with Crippen molar-refractivity contribution in [2.75, 3.05) is 32.7 Å². The zero-order valence-electron chi connectivity index (χ0n) is 20.0. The number of nitrogens with two attached hydrogens (primary N) is 1. The minimum atomic E-state index is -0.451. The van der Waals surface area contributed by atoms with E-state index < -0.39 is 5.60 Å². The highest BCUT2D eigenvalue weighted by Gasteiger charge is 2.46. The monoisotopic (exact) mass is 435 g/mol. The number of nitrogens with zero attached hydrogens (tertiary/aromatic N) is 2. The summed E-state index contributed by atoms with van der Waals surface area (Å²) in [4.78, 5) is 17.1. The highest BCUT2D eigenvalue weighted by Crippen LogP contribution is 2.46. The Morgan fingerprint density at radius 1 is 1.09 bits per heavy atom. The third kappa shape index (κ3) is 4.55. The highest BCUT2D eigenvalue weighted by molar-refractivity contribution is 5.76. The molecular formula is C27H37N3O2. The molecule has 172 valence electrons. The van der Waals surface area contributed by atoms with E-state index in [4.69, 9.17) is 10.5 Å². The van der Waals surface area contributed by atoms with Crippen molar-refractivity contribution < 1.29 is 9.53 Å². The minimum absolute atomic E-state index is 0.144. The lowest BCUT2D eigenvalue weighted by atomic mass is 9.88. The Balaban J connectivity index is 1.29. The molecule has 0 saturated carbocycles. The van der Waals surface area contributed by atoms with E-state index >= 15 is 0 Å². The van der Waals surface area contributed by atoms with Crippen LogP contribution in [0.4, 0.5) is 0 Å². The van der Waals surface area contributed by atoms with Crippen LogP contribution in [0.1, 0.15) is 53.6 Å². The van der Waals surface area contributed by atoms with Gasteiger partial charge in [-0.3, -0.25) is 9.69 Å². The standard InChI is InChI=1S/C27H37N3O2/c1-19-17-20(2)24-25(21(19)3)32-27(4,26(24)28)18-29-13-15-30(16-14-29)23(31)12-8-11-22-9-6-5-7-10-22/h5-7,9-10,17,26H,8,11-16,18,28H2,1-4H3. The second-order valence-electron chi connectivity index (χ2n) is 9.77. The average Bonchev–Trinajstić information content (AvgIpc) is 3.04. The van der Waals surface area contributed by atoms with Gasteiger partial charge in [-0.25, -0.2) is 0 Å². The maximum Gasteiger partial charge on any atom is 0.222 e. The highest BCUT2D eigenvalue weighted by atomic mass is 16.5. The molecule has 2 aromatic carbocycles. The topological polar surface area (TPSA) is 58.8 Å². The number of hydrogen-bond donors (Lipinski definition) is 1. The largest absolute Gasteiger partial charge is 0.484 e. The molecule has 2 atom stereocenters. The molecule has 2 aliphatic rings. The molecule has 1 amide bonds. The Morgan fingerprint density at radius 3 is 2.47 bits per heavy atom. The van der Waals surface area contributed by atoms with Crippen LogP contribution in [0, 0.1) is 20.8 Å². The Kier molecular flexibility index (Phi) is 6.59. The van der Waals surface area contributed by atoms with Crippen LogP contribution in [0.3, 0.4) is 0 Å². The van der Waals surface area contributed by atoms with Crippen LogP contribution >= 0.6 is 0 Å². The molecule has 1 saturated heterocycles. The third-order valence-corrected chi connectivity index (χ3v) is 7.30. The molecule has 0 bridgehead atoms. The molecule has 5 nitrogen and oxygen atoms in total. The van der Waals surface area contributed by atoms with E-state index in [0.29, 0.717) is 6.42 Å². The first-order valence-corrected chi connectivity index (χ1v) is 11.9. The fourth-order valence-electron chi connectivity index (χ4n) is 5.17. The van der Waals surface area contributed by atoms with E-state index in [1.807, 2.05) is 11.0 Å². The Hall–Kier alpha value is -2.37. The molecule has 2 heterocycles. The van der Waals surface area contributed by atoms with E-state index in [2.05, 4.69) is 62.9 Å². The number of amides is 1. The summed E-state index contributed by atoms with van der Waals surface area (Å²) in [6.45, 7) is 12.6. The second kappa shape index (κ2) is 9.24. The summed E-state index contributed by atoms with van der Waals surface area (Å²) in [7, 11) is 0. The number of piperazine rings is 1. The van der Waals surface area contributed by atoms with Crippen molar-refractivity contribution >= 4 is 5.91 Å². The summed E-state index contributed by atoms with van der Waals surface area (Å²) < 4.78 is 6.52. The molecule has 5 heteroatoms. The first-order valence-electron chi connectivity index (χ1n) is 11.9. The average molecular weight is 436 g/mol. The lowest BCUT2D eigenvalue weighted by Gasteiger charge is -2.40. The smallest absolute Gasteiger partial charge is 0.222 e. The van der Waals surface area contributed by atoms with Gasteiger partial charge in [-0.15, -0.1) is 0 Å². The normalized spacial score (nSPS) is 23.2. The molecule has 2 N–H and O–H groups in total. The molecule has 0 radical (unpaired) electrons. The third-order valence-electron chi connectivity index (χ3n) is 7.30. The molecule has 0 spiro atoms. The van der Waals surface area contributed by atoms with Gasteiger partial charge in [0.1, 0.15) is 11.4 Å². The molecule has 4 rings (SSSR count). The van der Waals surface area contributed by atoms with Crippen LogP contribution in [-0.4, -0.2) is 54.0 Å². The van der Waals surface area contributed by atoms with Crippen molar-refractivity contribution in [1.82, 2.24) is 9.80 Å². The number of benzene rings is 2. The van der Waals surface area contributed by atoms with Crippen LogP contribution in [0.25, 0.3) is 0 Å². The van der Waals surface area contributed by atoms with Gasteiger partial charge in [-0.2, -0.15) is 0 Å². The molecule has 0 aliphatic carbocycles. The van der Waals surface area contributed by atoms with Crippen molar-refractivity contribution in [3.8, 4) is 5.75 Å². The predicted octanol–water partition coefficient (Wildman–Crippen LogP) is 3.93. The zero-order chi connectivity index (χ0) is 22.9. The molecule has 32 heavy (non-hydrogen) atoms. The number of hydrogen-bond acceptors (Lipinski definition) is 4. The van der Waals surface area contributed by atoms with Crippen LogP contribution in [-0.2, 0) is 11.2 Å². The number of fused-ring (bicyclic) bond motifs is 1. The maximum absolute atomic E-state index is 12.7. The summed E-state index contributed by atoms with van der Waals surface area (Å²) in [6.07, 6.45) is 2.48. The molecule has 2 aromatic rings. The molecule has 2 aliphatic heterocycles. The van der Waals surface area contributed by atoms with Gasteiger partial charge in [-0.05, 0) is 62.8 Å².